The first-order valence-electron chi connectivity index (χ1n) is 5.95. The molecule has 2 rings (SSSR count). The number of carbonyl (C=O) groups excluding carboxylic acids is 1. The van der Waals surface area contributed by atoms with Crippen molar-refractivity contribution in [3.8, 4) is 0 Å². The third-order valence-corrected chi connectivity index (χ3v) is 3.69. The van der Waals surface area contributed by atoms with Crippen molar-refractivity contribution in [2.24, 2.45) is 0 Å². The Bertz CT molecular complexity index is 467. The lowest BCUT2D eigenvalue weighted by atomic mass is 10.1. The second-order valence-electron chi connectivity index (χ2n) is 4.32. The molecule has 1 aliphatic heterocycles. The van der Waals surface area contributed by atoms with E-state index in [1.807, 2.05) is 11.0 Å². The Hall–Kier alpha value is -0.810. The number of halogens is 2. The molecule has 1 heterocycles. The van der Waals surface area contributed by atoms with E-state index in [-0.39, 0.29) is 12.0 Å². The van der Waals surface area contributed by atoms with E-state index in [0.29, 0.717) is 36.3 Å². The highest BCUT2D eigenvalue weighted by Gasteiger charge is 2.30. The van der Waals surface area contributed by atoms with Gasteiger partial charge in [0, 0.05) is 23.1 Å². The van der Waals surface area contributed by atoms with Crippen LogP contribution in [0.15, 0.2) is 18.2 Å². The second kappa shape index (κ2) is 6.57. The molecular weight excluding hydrogens is 289 g/mol. The molecule has 0 amide bonds. The quantitative estimate of drug-likeness (QED) is 0.804. The van der Waals surface area contributed by atoms with Crippen LogP contribution < -0.4 is 0 Å². The summed E-state index contributed by atoms with van der Waals surface area (Å²) in [6.07, 6.45) is 0. The van der Waals surface area contributed by atoms with E-state index < -0.39 is 0 Å². The Morgan fingerprint density at radius 2 is 2.32 bits per heavy atom. The smallest absolute Gasteiger partial charge is 0.325 e. The van der Waals surface area contributed by atoms with Crippen LogP contribution in [0.2, 0.25) is 10.0 Å². The molecule has 4 nitrogen and oxygen atoms in total. The SMILES string of the molecule is COC(=O)C1COCCN1Cc1ccc(Cl)cc1Cl. The van der Waals surface area contributed by atoms with Crippen molar-refractivity contribution in [2.75, 3.05) is 26.9 Å². The van der Waals surface area contributed by atoms with Crippen LogP contribution in [0.4, 0.5) is 0 Å². The molecule has 0 bridgehead atoms. The van der Waals surface area contributed by atoms with Gasteiger partial charge in [-0.25, -0.2) is 0 Å². The fourth-order valence-electron chi connectivity index (χ4n) is 2.05. The lowest BCUT2D eigenvalue weighted by molar-refractivity contribution is -0.153. The first-order chi connectivity index (χ1) is 9.11. The molecule has 1 fully saturated rings. The zero-order chi connectivity index (χ0) is 13.8. The number of nitrogens with zero attached hydrogens (tertiary/aromatic N) is 1. The van der Waals surface area contributed by atoms with Crippen molar-refractivity contribution in [1.82, 2.24) is 4.90 Å². The van der Waals surface area contributed by atoms with Gasteiger partial charge in [0.15, 0.2) is 0 Å². The lowest BCUT2D eigenvalue weighted by Gasteiger charge is -2.33. The maximum atomic E-state index is 11.7. The summed E-state index contributed by atoms with van der Waals surface area (Å²) in [5.74, 6) is -0.287. The monoisotopic (exact) mass is 303 g/mol. The lowest BCUT2D eigenvalue weighted by Crippen LogP contribution is -2.49. The fraction of sp³-hybridized carbons (Fsp3) is 0.462. The van der Waals surface area contributed by atoms with E-state index in [1.165, 1.54) is 7.11 Å². The van der Waals surface area contributed by atoms with Gasteiger partial charge in [-0.1, -0.05) is 29.3 Å². The first-order valence-corrected chi connectivity index (χ1v) is 6.71. The standard InChI is InChI=1S/C13H15Cl2NO3/c1-18-13(17)12-8-19-5-4-16(12)7-9-2-3-10(14)6-11(9)15/h2-3,6,12H,4-5,7-8H2,1H3. The van der Waals surface area contributed by atoms with Crippen LogP contribution in [-0.4, -0.2) is 43.8 Å². The molecule has 6 heteroatoms. The van der Waals surface area contributed by atoms with Crippen LogP contribution in [-0.2, 0) is 20.8 Å². The third-order valence-electron chi connectivity index (χ3n) is 3.10. The Balaban J connectivity index is 2.13. The molecule has 0 spiro atoms. The molecule has 0 saturated carbocycles. The number of methoxy groups -OCH3 is 1. The minimum absolute atomic E-state index is 0.287. The molecule has 104 valence electrons. The predicted octanol–water partition coefficient (Wildman–Crippen LogP) is 2.37. The number of hydrogen-bond acceptors (Lipinski definition) is 4. The van der Waals surface area contributed by atoms with Crippen molar-refractivity contribution >= 4 is 29.2 Å². The topological polar surface area (TPSA) is 38.8 Å². The number of ether oxygens (including phenoxy) is 2. The highest BCUT2D eigenvalue weighted by Crippen LogP contribution is 2.23. The number of rotatable bonds is 3. The number of benzene rings is 1. The number of carbonyl (C=O) groups is 1. The maximum absolute atomic E-state index is 11.7. The Morgan fingerprint density at radius 3 is 3.00 bits per heavy atom. The second-order valence-corrected chi connectivity index (χ2v) is 5.16. The summed E-state index contributed by atoms with van der Waals surface area (Å²) in [6.45, 7) is 2.18. The number of morpholine rings is 1. The Labute approximate surface area is 122 Å². The van der Waals surface area contributed by atoms with Crippen LogP contribution in [0.25, 0.3) is 0 Å². The van der Waals surface area contributed by atoms with Crippen molar-refractivity contribution in [2.45, 2.75) is 12.6 Å². The molecule has 1 aromatic carbocycles. The van der Waals surface area contributed by atoms with Gasteiger partial charge in [-0.05, 0) is 17.7 Å². The molecule has 1 unspecified atom stereocenters. The van der Waals surface area contributed by atoms with Crippen molar-refractivity contribution in [3.05, 3.63) is 33.8 Å². The van der Waals surface area contributed by atoms with Gasteiger partial charge in [-0.3, -0.25) is 9.69 Å². The molecule has 19 heavy (non-hydrogen) atoms. The van der Waals surface area contributed by atoms with E-state index in [0.717, 1.165) is 5.56 Å². The molecule has 1 atom stereocenters. The van der Waals surface area contributed by atoms with E-state index in [4.69, 9.17) is 32.7 Å². The van der Waals surface area contributed by atoms with Crippen molar-refractivity contribution in [3.63, 3.8) is 0 Å². The third kappa shape index (κ3) is 3.60. The van der Waals surface area contributed by atoms with Crippen LogP contribution >= 0.6 is 23.2 Å². The summed E-state index contributed by atoms with van der Waals surface area (Å²) >= 11 is 12.0. The van der Waals surface area contributed by atoms with E-state index in [2.05, 4.69) is 0 Å². The molecule has 1 aromatic rings. The van der Waals surface area contributed by atoms with Crippen LogP contribution in [0, 0.1) is 0 Å². The Kier molecular flexibility index (Phi) is 5.05. The molecule has 0 aliphatic carbocycles. The fourth-order valence-corrected chi connectivity index (χ4v) is 2.52. The largest absolute Gasteiger partial charge is 0.468 e. The minimum atomic E-state index is -0.384. The van der Waals surface area contributed by atoms with Crippen LogP contribution in [0.3, 0.4) is 0 Å². The summed E-state index contributed by atoms with van der Waals surface area (Å²) in [7, 11) is 1.38. The highest BCUT2D eigenvalue weighted by atomic mass is 35.5. The van der Waals surface area contributed by atoms with Crippen molar-refractivity contribution < 1.29 is 14.3 Å². The summed E-state index contributed by atoms with van der Waals surface area (Å²) in [5.41, 5.74) is 0.932. The van der Waals surface area contributed by atoms with E-state index >= 15 is 0 Å². The molecule has 0 radical (unpaired) electrons. The molecule has 0 aromatic heterocycles. The van der Waals surface area contributed by atoms with Gasteiger partial charge in [-0.2, -0.15) is 0 Å². The molecule has 0 N–H and O–H groups in total. The zero-order valence-corrected chi connectivity index (χ0v) is 12.1. The van der Waals surface area contributed by atoms with Gasteiger partial charge >= 0.3 is 5.97 Å². The Morgan fingerprint density at radius 1 is 1.53 bits per heavy atom. The summed E-state index contributed by atoms with van der Waals surface area (Å²) in [4.78, 5) is 13.7. The minimum Gasteiger partial charge on any atom is -0.468 e. The number of esters is 1. The van der Waals surface area contributed by atoms with E-state index in [9.17, 15) is 4.79 Å². The molecular formula is C13H15Cl2NO3. The van der Waals surface area contributed by atoms with Crippen LogP contribution in [0.5, 0.6) is 0 Å². The maximum Gasteiger partial charge on any atom is 0.325 e. The summed E-state index contributed by atoms with van der Waals surface area (Å²) in [6, 6.07) is 4.97. The van der Waals surface area contributed by atoms with E-state index in [1.54, 1.807) is 12.1 Å². The zero-order valence-electron chi connectivity index (χ0n) is 10.6. The molecule has 1 saturated heterocycles. The van der Waals surface area contributed by atoms with Crippen molar-refractivity contribution in [1.29, 1.82) is 0 Å². The molecule has 1 aliphatic rings. The number of hydrogen-bond donors (Lipinski definition) is 0. The predicted molar refractivity (Wildman–Crippen MR) is 73.5 cm³/mol. The normalized spacial score (nSPS) is 20.3. The van der Waals surface area contributed by atoms with Gasteiger partial charge in [0.05, 0.1) is 20.3 Å². The van der Waals surface area contributed by atoms with Gasteiger partial charge < -0.3 is 9.47 Å². The van der Waals surface area contributed by atoms with Gasteiger partial charge in [0.25, 0.3) is 0 Å². The van der Waals surface area contributed by atoms with Gasteiger partial charge in [0.1, 0.15) is 6.04 Å². The first kappa shape index (κ1) is 14.6. The summed E-state index contributed by atoms with van der Waals surface area (Å²) < 4.78 is 10.1. The van der Waals surface area contributed by atoms with Crippen LogP contribution in [0.1, 0.15) is 5.56 Å². The highest BCUT2D eigenvalue weighted by molar-refractivity contribution is 6.35. The average Bonchev–Trinajstić information content (AvgIpc) is 2.41. The summed E-state index contributed by atoms with van der Waals surface area (Å²) in [5, 5.41) is 1.20. The van der Waals surface area contributed by atoms with Gasteiger partial charge in [0.2, 0.25) is 0 Å². The average molecular weight is 304 g/mol. The van der Waals surface area contributed by atoms with Gasteiger partial charge in [-0.15, -0.1) is 0 Å².